The van der Waals surface area contributed by atoms with Crippen LogP contribution in [0.3, 0.4) is 0 Å². The van der Waals surface area contributed by atoms with Crippen molar-refractivity contribution in [3.8, 4) is 0 Å². The summed E-state index contributed by atoms with van der Waals surface area (Å²) in [7, 11) is 0. The lowest BCUT2D eigenvalue weighted by atomic mass is 9.75. The van der Waals surface area contributed by atoms with Crippen molar-refractivity contribution < 1.29 is 9.95 Å². The molecule has 3 rings (SSSR count). The molecule has 1 fully saturated rings. The van der Waals surface area contributed by atoms with Crippen LogP contribution in [-0.4, -0.2) is 21.7 Å². The molecule has 0 unspecified atom stereocenters. The zero-order valence-electron chi connectivity index (χ0n) is 11.1. The van der Waals surface area contributed by atoms with Crippen molar-refractivity contribution in [3.05, 3.63) is 35.4 Å². The minimum Gasteiger partial charge on any atom is -0.290 e. The molecule has 1 N–H and O–H groups in total. The lowest BCUT2D eigenvalue weighted by Gasteiger charge is -2.31. The van der Waals surface area contributed by atoms with Crippen molar-refractivity contribution in [1.82, 2.24) is 0 Å². The van der Waals surface area contributed by atoms with Crippen LogP contribution < -0.4 is 0 Å². The van der Waals surface area contributed by atoms with Crippen LogP contribution in [-0.2, 0) is 0 Å². The predicted molar refractivity (Wildman–Crippen MR) is 72.5 cm³/mol. The maximum atomic E-state index is 10.5. The molecule has 0 bridgehead atoms. The Labute approximate surface area is 109 Å². The van der Waals surface area contributed by atoms with Crippen LogP contribution in [0.1, 0.15) is 62.5 Å². The van der Waals surface area contributed by atoms with E-state index in [9.17, 15) is 5.21 Å². The fourth-order valence-electron chi connectivity index (χ4n) is 3.76. The highest BCUT2D eigenvalue weighted by molar-refractivity contribution is 5.78. The molecule has 1 aliphatic carbocycles. The molecule has 0 radical (unpaired) electrons. The van der Waals surface area contributed by atoms with E-state index in [-0.39, 0.29) is 5.54 Å². The second-order valence-electron chi connectivity index (χ2n) is 5.99. The van der Waals surface area contributed by atoms with Crippen molar-refractivity contribution in [2.24, 2.45) is 0 Å². The van der Waals surface area contributed by atoms with Gasteiger partial charge in [-0.15, -0.1) is 0 Å². The Balaban J connectivity index is 2.04. The Kier molecular flexibility index (Phi) is 2.89. The zero-order chi connectivity index (χ0) is 12.6. The highest BCUT2D eigenvalue weighted by Gasteiger charge is 2.46. The summed E-state index contributed by atoms with van der Waals surface area (Å²) in [5.74, 6) is 0.521. The average molecular weight is 244 g/mol. The summed E-state index contributed by atoms with van der Waals surface area (Å²) in [4.78, 5) is 0. The number of hydrogen-bond acceptors (Lipinski definition) is 1. The summed E-state index contributed by atoms with van der Waals surface area (Å²) < 4.78 is 1.54. The molecular weight excluding hydrogens is 222 g/mol. The monoisotopic (exact) mass is 244 g/mol. The van der Waals surface area contributed by atoms with Crippen LogP contribution in [0.25, 0.3) is 0 Å². The van der Waals surface area contributed by atoms with E-state index in [0.717, 1.165) is 19.3 Å². The number of benzene rings is 1. The van der Waals surface area contributed by atoms with Gasteiger partial charge in [0.1, 0.15) is 0 Å². The first kappa shape index (κ1) is 11.8. The van der Waals surface area contributed by atoms with Crippen LogP contribution in [0.15, 0.2) is 24.3 Å². The molecule has 1 spiro atoms. The fourth-order valence-corrected chi connectivity index (χ4v) is 3.76. The number of hydrogen-bond donors (Lipinski definition) is 1. The maximum absolute atomic E-state index is 10.5. The van der Waals surface area contributed by atoms with Gasteiger partial charge in [0.25, 0.3) is 0 Å². The number of hydroxylamine groups is 1. The highest BCUT2D eigenvalue weighted by Crippen LogP contribution is 2.40. The molecular formula is C16H22NO+. The average Bonchev–Trinajstić information content (AvgIpc) is 2.48. The first-order valence-electron chi connectivity index (χ1n) is 7.13. The third kappa shape index (κ3) is 1.84. The number of rotatable bonds is 0. The van der Waals surface area contributed by atoms with Gasteiger partial charge in [0.15, 0.2) is 0 Å². The molecule has 1 atom stereocenters. The van der Waals surface area contributed by atoms with E-state index < -0.39 is 0 Å². The van der Waals surface area contributed by atoms with Crippen LogP contribution in [0, 0.1) is 0 Å². The van der Waals surface area contributed by atoms with E-state index in [1.165, 1.54) is 35.1 Å². The summed E-state index contributed by atoms with van der Waals surface area (Å²) in [5.41, 5.74) is 2.53. The van der Waals surface area contributed by atoms with Gasteiger partial charge in [-0.1, -0.05) is 31.5 Å². The van der Waals surface area contributed by atoms with Crippen LogP contribution in [0.4, 0.5) is 0 Å². The summed E-state index contributed by atoms with van der Waals surface area (Å²) >= 11 is 0. The minimum atomic E-state index is -0.0172. The van der Waals surface area contributed by atoms with Crippen LogP contribution in [0.5, 0.6) is 0 Å². The Morgan fingerprint density at radius 2 is 1.89 bits per heavy atom. The highest BCUT2D eigenvalue weighted by atomic mass is 16.5. The SMILES string of the molecule is C[C@@H]1CC2(CCCCC2)[N+](O)=Cc2ccccc21. The summed E-state index contributed by atoms with van der Waals surface area (Å²) in [5, 5.41) is 10.5. The molecule has 0 aromatic heterocycles. The van der Waals surface area contributed by atoms with Crippen molar-refractivity contribution >= 4 is 6.21 Å². The summed E-state index contributed by atoms with van der Waals surface area (Å²) in [6, 6.07) is 8.46. The molecule has 1 aliphatic heterocycles. The predicted octanol–water partition coefficient (Wildman–Crippen LogP) is 3.72. The van der Waals surface area contributed by atoms with Crippen LogP contribution in [0.2, 0.25) is 0 Å². The Hall–Kier alpha value is -1.31. The van der Waals surface area contributed by atoms with E-state index in [4.69, 9.17) is 0 Å². The van der Waals surface area contributed by atoms with Crippen molar-refractivity contribution in [3.63, 3.8) is 0 Å². The normalized spacial score (nSPS) is 26.3. The molecule has 0 saturated heterocycles. The number of nitrogens with zero attached hydrogens (tertiary/aromatic N) is 1. The summed E-state index contributed by atoms with van der Waals surface area (Å²) in [6.07, 6.45) is 9.07. The second kappa shape index (κ2) is 4.42. The molecule has 2 heteroatoms. The molecule has 2 aliphatic rings. The smallest absolute Gasteiger partial charge is 0.223 e. The van der Waals surface area contributed by atoms with Gasteiger partial charge < -0.3 is 0 Å². The van der Waals surface area contributed by atoms with Gasteiger partial charge in [-0.25, -0.2) is 0 Å². The van der Waals surface area contributed by atoms with Gasteiger partial charge in [0.05, 0.1) is 0 Å². The lowest BCUT2D eigenvalue weighted by Crippen LogP contribution is -2.43. The Bertz CT molecular complexity index is 472. The molecule has 0 amide bonds. The van der Waals surface area contributed by atoms with Gasteiger partial charge in [0, 0.05) is 24.8 Å². The van der Waals surface area contributed by atoms with Crippen molar-refractivity contribution in [1.29, 1.82) is 0 Å². The van der Waals surface area contributed by atoms with E-state index in [1.807, 2.05) is 6.21 Å². The van der Waals surface area contributed by atoms with Gasteiger partial charge in [-0.2, -0.15) is 0 Å². The van der Waals surface area contributed by atoms with Crippen molar-refractivity contribution in [2.45, 2.75) is 56.9 Å². The first-order chi connectivity index (χ1) is 8.71. The topological polar surface area (TPSA) is 23.2 Å². The molecule has 1 aromatic rings. The molecule has 1 heterocycles. The van der Waals surface area contributed by atoms with Gasteiger partial charge in [-0.05, 0) is 35.1 Å². The van der Waals surface area contributed by atoms with Crippen LogP contribution >= 0.6 is 0 Å². The van der Waals surface area contributed by atoms with E-state index in [1.54, 1.807) is 0 Å². The van der Waals surface area contributed by atoms with E-state index >= 15 is 0 Å². The van der Waals surface area contributed by atoms with E-state index in [2.05, 4.69) is 31.2 Å². The lowest BCUT2D eigenvalue weighted by molar-refractivity contribution is -0.826. The first-order valence-corrected chi connectivity index (χ1v) is 7.13. The Morgan fingerprint density at radius 3 is 2.67 bits per heavy atom. The molecule has 96 valence electrons. The summed E-state index contributed by atoms with van der Waals surface area (Å²) in [6.45, 7) is 2.29. The van der Waals surface area contributed by atoms with Gasteiger partial charge in [-0.3, -0.25) is 5.21 Å². The zero-order valence-corrected chi connectivity index (χ0v) is 11.1. The standard InChI is InChI=1S/C16H22NO/c1-13-11-16(9-5-2-6-10-16)17(18)12-14-7-3-4-8-15(13)14/h3-4,7-8,12-13,18H,2,5-6,9-11H2,1H3/q+1/t13-/m1/s1. The largest absolute Gasteiger partial charge is 0.290 e. The second-order valence-corrected chi connectivity index (χ2v) is 5.99. The third-order valence-electron chi connectivity index (χ3n) is 4.74. The quantitative estimate of drug-likeness (QED) is 0.545. The minimum absolute atomic E-state index is 0.0172. The van der Waals surface area contributed by atoms with Gasteiger partial charge in [0.2, 0.25) is 11.8 Å². The fraction of sp³-hybridized carbons (Fsp3) is 0.562. The molecule has 18 heavy (non-hydrogen) atoms. The number of fused-ring (bicyclic) bond motifs is 1. The van der Waals surface area contributed by atoms with Gasteiger partial charge >= 0.3 is 0 Å². The van der Waals surface area contributed by atoms with Crippen molar-refractivity contribution in [2.75, 3.05) is 0 Å². The molecule has 1 aromatic carbocycles. The Morgan fingerprint density at radius 1 is 1.17 bits per heavy atom. The van der Waals surface area contributed by atoms with E-state index in [0.29, 0.717) is 5.92 Å². The maximum Gasteiger partial charge on any atom is 0.223 e. The molecule has 2 nitrogen and oxygen atoms in total. The molecule has 1 saturated carbocycles. The third-order valence-corrected chi connectivity index (χ3v) is 4.74.